The van der Waals surface area contributed by atoms with Crippen LogP contribution >= 0.6 is 0 Å². The quantitative estimate of drug-likeness (QED) is 0.423. The smallest absolute Gasteiger partial charge is 0.184 e. The van der Waals surface area contributed by atoms with Gasteiger partial charge in [0.05, 0.1) is 6.61 Å². The fraction of sp³-hybridized carbons (Fsp3) is 1.00. The zero-order valence-electron chi connectivity index (χ0n) is 5.14. The van der Waals surface area contributed by atoms with E-state index in [9.17, 15) is 4.39 Å². The fourth-order valence-electron chi connectivity index (χ4n) is 0.856. The lowest BCUT2D eigenvalue weighted by Gasteiger charge is -2.06. The molecule has 0 radical (unpaired) electrons. The van der Waals surface area contributed by atoms with Gasteiger partial charge in [-0.05, 0) is 0 Å². The predicted octanol–water partition coefficient (Wildman–Crippen LogP) is -1.61. The highest BCUT2D eigenvalue weighted by Crippen LogP contribution is 2.21. The second-order valence-electron chi connectivity index (χ2n) is 2.18. The maximum absolute atomic E-state index is 12.5. The van der Waals surface area contributed by atoms with Crippen molar-refractivity contribution >= 4 is 0 Å². The van der Waals surface area contributed by atoms with Gasteiger partial charge in [0.15, 0.2) is 12.5 Å². The maximum Gasteiger partial charge on any atom is 0.184 e. The summed E-state index contributed by atoms with van der Waals surface area (Å²) in [5, 5.41) is 25.7. The summed E-state index contributed by atoms with van der Waals surface area (Å²) in [7, 11) is 0. The van der Waals surface area contributed by atoms with Crippen LogP contribution in [0.5, 0.6) is 0 Å². The lowest BCUT2D eigenvalue weighted by atomic mass is 10.2. The van der Waals surface area contributed by atoms with Crippen molar-refractivity contribution in [2.75, 3.05) is 6.61 Å². The molecule has 0 spiro atoms. The van der Waals surface area contributed by atoms with Crippen molar-refractivity contribution in [1.82, 2.24) is 0 Å². The van der Waals surface area contributed by atoms with Crippen LogP contribution in [0.15, 0.2) is 0 Å². The van der Waals surface area contributed by atoms with Crippen LogP contribution in [0.3, 0.4) is 0 Å². The number of halogens is 1. The summed E-state index contributed by atoms with van der Waals surface area (Å²) in [5.74, 6) is 0. The summed E-state index contributed by atoms with van der Waals surface area (Å²) in [6.07, 6.45) is -5.82. The average Bonchev–Trinajstić information content (AvgIpc) is 2.17. The number of rotatable bonds is 1. The Morgan fingerprint density at radius 2 is 2.00 bits per heavy atom. The lowest BCUT2D eigenvalue weighted by Crippen LogP contribution is -2.29. The lowest BCUT2D eigenvalue weighted by molar-refractivity contribution is -0.132. The molecule has 0 amide bonds. The molecule has 5 heteroatoms. The first-order valence-electron chi connectivity index (χ1n) is 2.93. The summed E-state index contributed by atoms with van der Waals surface area (Å²) in [5.41, 5.74) is 0. The first kappa shape index (κ1) is 7.87. The van der Waals surface area contributed by atoms with E-state index in [1.807, 2.05) is 0 Å². The van der Waals surface area contributed by atoms with Crippen LogP contribution in [-0.4, -0.2) is 46.6 Å². The van der Waals surface area contributed by atoms with Crippen LogP contribution in [0, 0.1) is 0 Å². The van der Waals surface area contributed by atoms with Gasteiger partial charge in [-0.3, -0.25) is 0 Å². The van der Waals surface area contributed by atoms with E-state index in [4.69, 9.17) is 15.3 Å². The van der Waals surface area contributed by atoms with E-state index in [2.05, 4.69) is 4.74 Å². The van der Waals surface area contributed by atoms with Gasteiger partial charge >= 0.3 is 0 Å². The van der Waals surface area contributed by atoms with Gasteiger partial charge in [-0.25, -0.2) is 4.39 Å². The highest BCUT2D eigenvalue weighted by Gasteiger charge is 2.42. The SMILES string of the molecule is OC[C@@H]1O[C@@H](O)[C@@H](O)[C@@H]1F. The van der Waals surface area contributed by atoms with E-state index < -0.39 is 31.3 Å². The van der Waals surface area contributed by atoms with Crippen molar-refractivity contribution in [2.45, 2.75) is 24.7 Å². The molecule has 0 unspecified atom stereocenters. The minimum Gasteiger partial charge on any atom is -0.394 e. The fourth-order valence-corrected chi connectivity index (χ4v) is 0.856. The number of hydrogen-bond acceptors (Lipinski definition) is 4. The van der Waals surface area contributed by atoms with Gasteiger partial charge in [0.25, 0.3) is 0 Å². The number of aliphatic hydroxyl groups is 3. The van der Waals surface area contributed by atoms with E-state index in [-0.39, 0.29) is 0 Å². The van der Waals surface area contributed by atoms with Crippen molar-refractivity contribution in [3.63, 3.8) is 0 Å². The Hall–Kier alpha value is -0.230. The molecule has 1 aliphatic rings. The molecule has 1 rings (SSSR count). The zero-order valence-corrected chi connectivity index (χ0v) is 5.14. The standard InChI is InChI=1S/C5H9FO4/c6-3-2(1-7)10-5(9)4(3)8/h2-5,7-9H,1H2/t2-,3+,4-,5+/m0/s1. The summed E-state index contributed by atoms with van der Waals surface area (Å²) >= 11 is 0. The van der Waals surface area contributed by atoms with Crippen LogP contribution in [0.4, 0.5) is 4.39 Å². The van der Waals surface area contributed by atoms with E-state index in [1.54, 1.807) is 0 Å². The van der Waals surface area contributed by atoms with Crippen LogP contribution in [0.2, 0.25) is 0 Å². The van der Waals surface area contributed by atoms with Crippen molar-refractivity contribution < 1.29 is 24.4 Å². The zero-order chi connectivity index (χ0) is 7.72. The van der Waals surface area contributed by atoms with Gasteiger partial charge in [0, 0.05) is 0 Å². The van der Waals surface area contributed by atoms with Crippen molar-refractivity contribution in [2.24, 2.45) is 0 Å². The van der Waals surface area contributed by atoms with Gasteiger partial charge in [0.1, 0.15) is 12.2 Å². The monoisotopic (exact) mass is 152 g/mol. The Kier molecular flexibility index (Phi) is 2.20. The third kappa shape index (κ3) is 1.13. The average molecular weight is 152 g/mol. The molecule has 4 atom stereocenters. The van der Waals surface area contributed by atoms with Gasteiger partial charge in [0.2, 0.25) is 0 Å². The Balaban J connectivity index is 2.53. The molecule has 0 bridgehead atoms. The maximum atomic E-state index is 12.5. The van der Waals surface area contributed by atoms with Gasteiger partial charge < -0.3 is 20.1 Å². The summed E-state index contributed by atoms with van der Waals surface area (Å²) in [6, 6.07) is 0. The normalized spacial score (nSPS) is 48.0. The Labute approximate surface area is 56.9 Å². The largest absolute Gasteiger partial charge is 0.394 e. The van der Waals surface area contributed by atoms with E-state index in [1.165, 1.54) is 0 Å². The van der Waals surface area contributed by atoms with Crippen molar-refractivity contribution in [3.8, 4) is 0 Å². The molecule has 0 saturated carbocycles. The molecule has 1 saturated heterocycles. The van der Waals surface area contributed by atoms with Gasteiger partial charge in [-0.2, -0.15) is 0 Å². The van der Waals surface area contributed by atoms with Crippen LogP contribution in [0.1, 0.15) is 0 Å². The summed E-state index contributed by atoms with van der Waals surface area (Å²) < 4.78 is 17.0. The molecule has 1 fully saturated rings. The van der Waals surface area contributed by atoms with Crippen LogP contribution < -0.4 is 0 Å². The van der Waals surface area contributed by atoms with Crippen molar-refractivity contribution in [3.05, 3.63) is 0 Å². The Morgan fingerprint density at radius 3 is 2.20 bits per heavy atom. The third-order valence-corrected chi connectivity index (χ3v) is 1.47. The Bertz CT molecular complexity index is 120. The molecule has 0 aromatic heterocycles. The van der Waals surface area contributed by atoms with Gasteiger partial charge in [-0.1, -0.05) is 0 Å². The van der Waals surface area contributed by atoms with E-state index in [0.29, 0.717) is 0 Å². The molecule has 10 heavy (non-hydrogen) atoms. The molecular weight excluding hydrogens is 143 g/mol. The molecule has 1 heterocycles. The first-order valence-corrected chi connectivity index (χ1v) is 2.93. The van der Waals surface area contributed by atoms with E-state index >= 15 is 0 Å². The highest BCUT2D eigenvalue weighted by molar-refractivity contribution is 4.85. The minimum atomic E-state index is -1.69. The molecule has 1 aliphatic heterocycles. The first-order chi connectivity index (χ1) is 4.66. The van der Waals surface area contributed by atoms with Gasteiger partial charge in [-0.15, -0.1) is 0 Å². The third-order valence-electron chi connectivity index (χ3n) is 1.47. The molecule has 3 N–H and O–H groups in total. The van der Waals surface area contributed by atoms with Crippen molar-refractivity contribution in [1.29, 1.82) is 0 Å². The summed E-state index contributed by atoms with van der Waals surface area (Å²) in [4.78, 5) is 0. The number of aliphatic hydroxyl groups excluding tert-OH is 3. The molecule has 0 aromatic rings. The number of alkyl halides is 1. The predicted molar refractivity (Wildman–Crippen MR) is 28.9 cm³/mol. The molecule has 0 aromatic carbocycles. The van der Waals surface area contributed by atoms with Crippen LogP contribution in [0.25, 0.3) is 0 Å². The van der Waals surface area contributed by atoms with Crippen LogP contribution in [-0.2, 0) is 4.74 Å². The minimum absolute atomic E-state index is 0.532. The highest BCUT2D eigenvalue weighted by atomic mass is 19.1. The molecule has 4 nitrogen and oxygen atoms in total. The summed E-state index contributed by atoms with van der Waals surface area (Å²) in [6.45, 7) is -0.532. The number of ether oxygens (including phenoxy) is 1. The molecule has 0 aliphatic carbocycles. The molecule has 60 valence electrons. The number of hydrogen-bond donors (Lipinski definition) is 3. The Morgan fingerprint density at radius 1 is 1.40 bits per heavy atom. The van der Waals surface area contributed by atoms with E-state index in [0.717, 1.165) is 0 Å². The second-order valence-corrected chi connectivity index (χ2v) is 2.18. The second kappa shape index (κ2) is 2.79. The topological polar surface area (TPSA) is 69.9 Å². The molecular formula is C5H9FO4.